The molecule has 2 heterocycles. The number of likely N-dealkylation sites (tertiary alicyclic amines) is 2. The average molecular weight is 318 g/mol. The van der Waals surface area contributed by atoms with Crippen LogP contribution in [0.3, 0.4) is 0 Å². The Kier molecular flexibility index (Phi) is 5.00. The Hall–Kier alpha value is -1.42. The van der Waals surface area contributed by atoms with Crippen LogP contribution in [0.5, 0.6) is 0 Å². The molecule has 4 heteroatoms. The predicted molar refractivity (Wildman–Crippen MR) is 89.8 cm³/mol. The van der Waals surface area contributed by atoms with Gasteiger partial charge in [-0.3, -0.25) is 9.69 Å². The summed E-state index contributed by atoms with van der Waals surface area (Å²) in [7, 11) is 0. The summed E-state index contributed by atoms with van der Waals surface area (Å²) in [5, 5.41) is 0. The second-order valence-electron chi connectivity index (χ2n) is 7.43. The largest absolute Gasteiger partial charge is 0.339 e. The Bertz CT molecular complexity index is 544. The minimum atomic E-state index is -0.345. The molecule has 126 valence electrons. The van der Waals surface area contributed by atoms with Gasteiger partial charge in [0.15, 0.2) is 0 Å². The molecule has 0 unspecified atom stereocenters. The molecule has 2 fully saturated rings. The van der Waals surface area contributed by atoms with Crippen molar-refractivity contribution < 1.29 is 9.18 Å². The van der Waals surface area contributed by atoms with E-state index in [0.29, 0.717) is 11.6 Å². The third-order valence-corrected chi connectivity index (χ3v) is 5.24. The molecule has 23 heavy (non-hydrogen) atoms. The van der Waals surface area contributed by atoms with Crippen molar-refractivity contribution in [1.82, 2.24) is 9.80 Å². The van der Waals surface area contributed by atoms with E-state index in [1.807, 2.05) is 4.90 Å². The van der Waals surface area contributed by atoms with Crippen molar-refractivity contribution in [1.29, 1.82) is 0 Å². The number of amides is 1. The minimum Gasteiger partial charge on any atom is -0.339 e. The number of hydrogen-bond acceptors (Lipinski definition) is 2. The molecular weight excluding hydrogens is 291 g/mol. The highest BCUT2D eigenvalue weighted by Gasteiger charge is 2.31. The van der Waals surface area contributed by atoms with Crippen molar-refractivity contribution in [2.75, 3.05) is 26.2 Å². The fourth-order valence-corrected chi connectivity index (χ4v) is 4.25. The molecule has 0 N–H and O–H groups in total. The second kappa shape index (κ2) is 7.00. The molecule has 0 aliphatic carbocycles. The molecule has 2 aliphatic heterocycles. The Balaban J connectivity index is 1.57. The number of benzene rings is 1. The van der Waals surface area contributed by atoms with Gasteiger partial charge in [-0.25, -0.2) is 4.39 Å². The highest BCUT2D eigenvalue weighted by Crippen LogP contribution is 2.27. The van der Waals surface area contributed by atoms with E-state index in [1.54, 1.807) is 12.1 Å². The Labute approximate surface area is 138 Å². The third-order valence-electron chi connectivity index (χ3n) is 5.24. The van der Waals surface area contributed by atoms with Gasteiger partial charge < -0.3 is 4.90 Å². The maximum Gasteiger partial charge on any atom is 0.253 e. The van der Waals surface area contributed by atoms with Crippen LogP contribution in [-0.4, -0.2) is 47.9 Å². The van der Waals surface area contributed by atoms with Crippen LogP contribution in [0.2, 0.25) is 0 Å². The first-order valence-corrected chi connectivity index (χ1v) is 8.82. The van der Waals surface area contributed by atoms with Crippen LogP contribution in [0.25, 0.3) is 0 Å². The second-order valence-corrected chi connectivity index (χ2v) is 7.43. The summed E-state index contributed by atoms with van der Waals surface area (Å²) in [6, 6.07) is 6.61. The summed E-state index contributed by atoms with van der Waals surface area (Å²) in [5.74, 6) is 1.15. The molecule has 2 aliphatic rings. The van der Waals surface area contributed by atoms with E-state index in [0.717, 1.165) is 37.8 Å². The summed E-state index contributed by atoms with van der Waals surface area (Å²) in [4.78, 5) is 17.0. The van der Waals surface area contributed by atoms with Crippen LogP contribution < -0.4 is 0 Å². The molecule has 3 nitrogen and oxygen atoms in total. The first-order valence-electron chi connectivity index (χ1n) is 8.82. The van der Waals surface area contributed by atoms with Crippen molar-refractivity contribution in [3.8, 4) is 0 Å². The van der Waals surface area contributed by atoms with E-state index < -0.39 is 0 Å². The molecule has 3 rings (SSSR count). The zero-order valence-corrected chi connectivity index (χ0v) is 14.2. The SMILES string of the molecule is C[C@@H]1C[C@H](C)CN(C2CCN(C(=O)c3cccc(F)c3)CC2)C1. The van der Waals surface area contributed by atoms with Gasteiger partial charge in [-0.15, -0.1) is 0 Å². The van der Waals surface area contributed by atoms with Crippen LogP contribution >= 0.6 is 0 Å². The summed E-state index contributed by atoms with van der Waals surface area (Å²) in [5.41, 5.74) is 0.462. The lowest BCUT2D eigenvalue weighted by atomic mass is 9.89. The Morgan fingerprint density at radius 1 is 1.13 bits per heavy atom. The number of carbonyl (C=O) groups excluding carboxylic acids is 1. The Morgan fingerprint density at radius 3 is 2.39 bits per heavy atom. The molecular formula is C19H27FN2O. The van der Waals surface area contributed by atoms with Gasteiger partial charge in [0.1, 0.15) is 5.82 Å². The van der Waals surface area contributed by atoms with E-state index >= 15 is 0 Å². The fraction of sp³-hybridized carbons (Fsp3) is 0.632. The highest BCUT2D eigenvalue weighted by atomic mass is 19.1. The van der Waals surface area contributed by atoms with E-state index in [2.05, 4.69) is 18.7 Å². The zero-order chi connectivity index (χ0) is 16.4. The summed E-state index contributed by atoms with van der Waals surface area (Å²) < 4.78 is 13.3. The zero-order valence-electron chi connectivity index (χ0n) is 14.2. The number of rotatable bonds is 2. The van der Waals surface area contributed by atoms with Gasteiger partial charge in [-0.05, 0) is 49.3 Å². The number of piperidine rings is 2. The molecule has 1 aromatic rings. The molecule has 2 saturated heterocycles. The topological polar surface area (TPSA) is 23.6 Å². The van der Waals surface area contributed by atoms with Gasteiger partial charge in [0.25, 0.3) is 5.91 Å². The van der Waals surface area contributed by atoms with Crippen molar-refractivity contribution in [3.05, 3.63) is 35.6 Å². The molecule has 2 atom stereocenters. The minimum absolute atomic E-state index is 0.0386. The van der Waals surface area contributed by atoms with Crippen LogP contribution in [0.15, 0.2) is 24.3 Å². The summed E-state index contributed by atoms with van der Waals surface area (Å²) >= 11 is 0. The highest BCUT2D eigenvalue weighted by molar-refractivity contribution is 5.94. The number of nitrogens with zero attached hydrogens (tertiary/aromatic N) is 2. The van der Waals surface area contributed by atoms with Gasteiger partial charge in [0.2, 0.25) is 0 Å². The lowest BCUT2D eigenvalue weighted by Gasteiger charge is -2.43. The standard InChI is InChI=1S/C19H27FN2O/c1-14-10-15(2)13-22(12-14)18-6-8-21(9-7-18)19(23)16-4-3-5-17(20)11-16/h3-5,11,14-15,18H,6-10,12-13H2,1-2H3/t14-,15+. The fourth-order valence-electron chi connectivity index (χ4n) is 4.25. The van der Waals surface area contributed by atoms with Gasteiger partial charge in [0, 0.05) is 37.8 Å². The van der Waals surface area contributed by atoms with Crippen LogP contribution in [0.1, 0.15) is 43.5 Å². The van der Waals surface area contributed by atoms with E-state index in [-0.39, 0.29) is 11.7 Å². The van der Waals surface area contributed by atoms with Crippen molar-refractivity contribution in [3.63, 3.8) is 0 Å². The van der Waals surface area contributed by atoms with E-state index in [4.69, 9.17) is 0 Å². The third kappa shape index (κ3) is 3.92. The first kappa shape index (κ1) is 16.4. The quantitative estimate of drug-likeness (QED) is 0.834. The maximum absolute atomic E-state index is 13.3. The molecule has 0 aromatic heterocycles. The van der Waals surface area contributed by atoms with E-state index in [9.17, 15) is 9.18 Å². The molecule has 0 saturated carbocycles. The predicted octanol–water partition coefficient (Wildman–Crippen LogP) is 3.41. The van der Waals surface area contributed by atoms with Gasteiger partial charge in [-0.2, -0.15) is 0 Å². The average Bonchev–Trinajstić information content (AvgIpc) is 2.53. The Morgan fingerprint density at radius 2 is 1.78 bits per heavy atom. The number of halogens is 1. The first-order chi connectivity index (χ1) is 11.0. The van der Waals surface area contributed by atoms with Gasteiger partial charge in [-0.1, -0.05) is 19.9 Å². The molecule has 0 bridgehead atoms. The summed E-state index contributed by atoms with van der Waals surface area (Å²) in [6.07, 6.45) is 3.38. The van der Waals surface area contributed by atoms with Gasteiger partial charge >= 0.3 is 0 Å². The number of carbonyl (C=O) groups is 1. The smallest absolute Gasteiger partial charge is 0.253 e. The van der Waals surface area contributed by atoms with Crippen LogP contribution in [0, 0.1) is 17.7 Å². The van der Waals surface area contributed by atoms with Crippen LogP contribution in [0.4, 0.5) is 4.39 Å². The van der Waals surface area contributed by atoms with Crippen molar-refractivity contribution >= 4 is 5.91 Å². The lowest BCUT2D eigenvalue weighted by Crippen LogP contribution is -2.50. The monoisotopic (exact) mass is 318 g/mol. The summed E-state index contributed by atoms with van der Waals surface area (Å²) in [6.45, 7) is 8.61. The molecule has 1 amide bonds. The van der Waals surface area contributed by atoms with Crippen LogP contribution in [-0.2, 0) is 0 Å². The van der Waals surface area contributed by atoms with Gasteiger partial charge in [0.05, 0.1) is 0 Å². The molecule has 0 spiro atoms. The number of hydrogen-bond donors (Lipinski definition) is 0. The van der Waals surface area contributed by atoms with Crippen molar-refractivity contribution in [2.24, 2.45) is 11.8 Å². The lowest BCUT2D eigenvalue weighted by molar-refractivity contribution is 0.0450. The van der Waals surface area contributed by atoms with Crippen molar-refractivity contribution in [2.45, 2.75) is 39.2 Å². The van der Waals surface area contributed by atoms with E-state index in [1.165, 1.54) is 31.6 Å². The molecule has 0 radical (unpaired) electrons. The molecule has 1 aromatic carbocycles. The normalized spacial score (nSPS) is 27.2. The maximum atomic E-state index is 13.3.